The Labute approximate surface area is 127 Å². The first-order chi connectivity index (χ1) is 9.29. The highest BCUT2D eigenvalue weighted by molar-refractivity contribution is 9.10. The summed E-state index contributed by atoms with van der Waals surface area (Å²) in [5, 5.41) is 0.417. The predicted octanol–water partition coefficient (Wildman–Crippen LogP) is 4.18. The van der Waals surface area contributed by atoms with Crippen molar-refractivity contribution in [1.82, 2.24) is 0 Å². The summed E-state index contributed by atoms with van der Waals surface area (Å²) in [5.74, 6) is -2.34. The van der Waals surface area contributed by atoms with Gasteiger partial charge in [0.05, 0.1) is 15.6 Å². The average Bonchev–Trinajstić information content (AvgIpc) is 2.37. The number of halogens is 4. The number of rotatable bonds is 3. The fourth-order valence-electron chi connectivity index (χ4n) is 1.42. The van der Waals surface area contributed by atoms with Crippen molar-refractivity contribution in [2.75, 3.05) is 4.72 Å². The Hall–Kier alpha value is -1.18. The lowest BCUT2D eigenvalue weighted by Gasteiger charge is -2.09. The summed E-state index contributed by atoms with van der Waals surface area (Å²) in [7, 11) is -4.00. The van der Waals surface area contributed by atoms with Crippen LogP contribution in [0.5, 0.6) is 0 Å². The highest BCUT2D eigenvalue weighted by Crippen LogP contribution is 2.27. The number of nitrogens with one attached hydrogen (secondary N) is 1. The molecule has 2 aromatic carbocycles. The Morgan fingerprint density at radius 2 is 1.75 bits per heavy atom. The van der Waals surface area contributed by atoms with Crippen LogP contribution in [0.15, 0.2) is 45.8 Å². The van der Waals surface area contributed by atoms with Gasteiger partial charge in [-0.2, -0.15) is 0 Å². The van der Waals surface area contributed by atoms with Crippen molar-refractivity contribution in [3.05, 3.63) is 57.5 Å². The van der Waals surface area contributed by atoms with Gasteiger partial charge in [-0.1, -0.05) is 11.6 Å². The van der Waals surface area contributed by atoms with Crippen LogP contribution in [0.4, 0.5) is 14.5 Å². The maximum absolute atomic E-state index is 13.1. The van der Waals surface area contributed by atoms with E-state index in [9.17, 15) is 17.2 Å². The number of benzene rings is 2. The predicted molar refractivity (Wildman–Crippen MR) is 76.3 cm³/mol. The van der Waals surface area contributed by atoms with Gasteiger partial charge in [0.1, 0.15) is 0 Å². The molecule has 0 spiro atoms. The zero-order valence-corrected chi connectivity index (χ0v) is 12.9. The molecule has 0 radical (unpaired) electrons. The van der Waals surface area contributed by atoms with Crippen molar-refractivity contribution in [1.29, 1.82) is 0 Å². The second kappa shape index (κ2) is 5.67. The summed E-state index contributed by atoms with van der Waals surface area (Å²) in [5.41, 5.74) is 0.242. The molecule has 3 nitrogen and oxygen atoms in total. The monoisotopic (exact) mass is 381 g/mol. The van der Waals surface area contributed by atoms with E-state index in [0.29, 0.717) is 15.6 Å². The molecular formula is C12H7BrClF2NO2S. The summed E-state index contributed by atoms with van der Waals surface area (Å²) < 4.78 is 52.6. The molecule has 0 aliphatic heterocycles. The first-order valence-corrected chi connectivity index (χ1v) is 7.88. The van der Waals surface area contributed by atoms with Crippen molar-refractivity contribution in [2.45, 2.75) is 4.90 Å². The quantitative estimate of drug-likeness (QED) is 0.865. The van der Waals surface area contributed by atoms with Crippen molar-refractivity contribution in [2.24, 2.45) is 0 Å². The van der Waals surface area contributed by atoms with Crippen LogP contribution in [-0.2, 0) is 10.0 Å². The van der Waals surface area contributed by atoms with Gasteiger partial charge >= 0.3 is 0 Å². The SMILES string of the molecule is O=S(=O)(Nc1ccc(Cl)c(Br)c1)c1ccc(F)c(F)c1. The number of hydrogen-bond donors (Lipinski definition) is 1. The van der Waals surface area contributed by atoms with Gasteiger partial charge in [0.2, 0.25) is 0 Å². The normalized spacial score (nSPS) is 11.4. The average molecular weight is 383 g/mol. The van der Waals surface area contributed by atoms with Crippen LogP contribution in [-0.4, -0.2) is 8.42 Å². The van der Waals surface area contributed by atoms with E-state index < -0.39 is 21.7 Å². The molecule has 0 saturated carbocycles. The first kappa shape index (κ1) is 15.2. The third-order valence-corrected chi connectivity index (χ3v) is 4.97. The van der Waals surface area contributed by atoms with Crippen LogP contribution in [0.1, 0.15) is 0 Å². The van der Waals surface area contributed by atoms with Crippen LogP contribution < -0.4 is 4.72 Å². The maximum atomic E-state index is 13.1. The summed E-state index contributed by atoms with van der Waals surface area (Å²) >= 11 is 8.95. The molecule has 1 N–H and O–H groups in total. The van der Waals surface area contributed by atoms with Crippen molar-refractivity contribution >= 4 is 43.2 Å². The lowest BCUT2D eigenvalue weighted by Crippen LogP contribution is -2.13. The van der Waals surface area contributed by atoms with Crippen LogP contribution >= 0.6 is 27.5 Å². The second-order valence-electron chi connectivity index (χ2n) is 3.81. The maximum Gasteiger partial charge on any atom is 0.261 e. The van der Waals surface area contributed by atoms with Gasteiger partial charge in [-0.15, -0.1) is 0 Å². The van der Waals surface area contributed by atoms with E-state index in [4.69, 9.17) is 11.6 Å². The van der Waals surface area contributed by atoms with Crippen molar-refractivity contribution < 1.29 is 17.2 Å². The molecule has 106 valence electrons. The molecule has 0 fully saturated rings. The molecule has 0 unspecified atom stereocenters. The minimum absolute atomic E-state index is 0.242. The van der Waals surface area contributed by atoms with Crippen molar-refractivity contribution in [3.8, 4) is 0 Å². The molecule has 8 heteroatoms. The van der Waals surface area contributed by atoms with Gasteiger partial charge < -0.3 is 0 Å². The lowest BCUT2D eigenvalue weighted by atomic mass is 10.3. The van der Waals surface area contributed by atoms with Crippen LogP contribution in [0, 0.1) is 11.6 Å². The zero-order chi connectivity index (χ0) is 14.9. The molecule has 0 aliphatic rings. The molecule has 0 atom stereocenters. The number of sulfonamides is 1. The molecule has 20 heavy (non-hydrogen) atoms. The van der Waals surface area contributed by atoms with Crippen LogP contribution in [0.25, 0.3) is 0 Å². The second-order valence-corrected chi connectivity index (χ2v) is 6.75. The molecule has 0 amide bonds. The fourth-order valence-corrected chi connectivity index (χ4v) is 2.97. The van der Waals surface area contributed by atoms with Gasteiger partial charge in [-0.3, -0.25) is 4.72 Å². The summed E-state index contributed by atoms with van der Waals surface area (Å²) in [4.78, 5) is -0.373. The summed E-state index contributed by atoms with van der Waals surface area (Å²) in [6.45, 7) is 0. The summed E-state index contributed by atoms with van der Waals surface area (Å²) in [6.07, 6.45) is 0. The number of hydrogen-bond acceptors (Lipinski definition) is 2. The minimum Gasteiger partial charge on any atom is -0.280 e. The van der Waals surface area contributed by atoms with Crippen LogP contribution in [0.2, 0.25) is 5.02 Å². The largest absolute Gasteiger partial charge is 0.280 e. The van der Waals surface area contributed by atoms with Crippen molar-refractivity contribution in [3.63, 3.8) is 0 Å². The molecule has 0 aliphatic carbocycles. The van der Waals surface area contributed by atoms with E-state index in [2.05, 4.69) is 20.7 Å². The molecule has 0 aromatic heterocycles. The topological polar surface area (TPSA) is 46.2 Å². The first-order valence-electron chi connectivity index (χ1n) is 5.22. The molecule has 0 heterocycles. The van der Waals surface area contributed by atoms with E-state index in [0.717, 1.165) is 12.1 Å². The van der Waals surface area contributed by atoms with Gasteiger partial charge in [-0.25, -0.2) is 17.2 Å². The Morgan fingerprint density at radius 1 is 1.05 bits per heavy atom. The van der Waals surface area contributed by atoms with Gasteiger partial charge in [-0.05, 0) is 52.3 Å². The Balaban J connectivity index is 2.35. The zero-order valence-electron chi connectivity index (χ0n) is 9.70. The van der Waals surface area contributed by atoms with Gasteiger partial charge in [0.25, 0.3) is 10.0 Å². The third kappa shape index (κ3) is 3.28. The fraction of sp³-hybridized carbons (Fsp3) is 0. The van der Waals surface area contributed by atoms with E-state index >= 15 is 0 Å². The van der Waals surface area contributed by atoms with E-state index in [-0.39, 0.29) is 10.6 Å². The number of anilines is 1. The van der Waals surface area contributed by atoms with Crippen LogP contribution in [0.3, 0.4) is 0 Å². The standard InChI is InChI=1S/C12H7BrClF2NO2S/c13-9-5-7(1-3-10(9)14)17-20(18,19)8-2-4-11(15)12(16)6-8/h1-6,17H. The smallest absolute Gasteiger partial charge is 0.261 e. The highest BCUT2D eigenvalue weighted by Gasteiger charge is 2.17. The van der Waals surface area contributed by atoms with E-state index in [1.165, 1.54) is 18.2 Å². The highest BCUT2D eigenvalue weighted by atomic mass is 79.9. The molecule has 2 aromatic rings. The Kier molecular flexibility index (Phi) is 4.31. The lowest BCUT2D eigenvalue weighted by molar-refractivity contribution is 0.504. The Bertz CT molecular complexity index is 768. The molecule has 0 bridgehead atoms. The molecule has 2 rings (SSSR count). The molecule has 0 saturated heterocycles. The third-order valence-electron chi connectivity index (χ3n) is 2.37. The minimum atomic E-state index is -4.00. The van der Waals surface area contributed by atoms with Gasteiger partial charge in [0.15, 0.2) is 11.6 Å². The molecular weight excluding hydrogens is 376 g/mol. The summed E-state index contributed by atoms with van der Waals surface area (Å²) in [6, 6.07) is 6.75. The van der Waals surface area contributed by atoms with E-state index in [1.807, 2.05) is 0 Å². The Morgan fingerprint density at radius 3 is 2.35 bits per heavy atom. The van der Waals surface area contributed by atoms with E-state index in [1.54, 1.807) is 0 Å². The van der Waals surface area contributed by atoms with Gasteiger partial charge in [0, 0.05) is 4.47 Å².